The smallest absolute Gasteiger partial charge is 0.224 e. The molecule has 0 aromatic carbocycles. The SMILES string of the molecule is Clc1nc(NC2CC2)nc2c1CNC2. The highest BCUT2D eigenvalue weighted by molar-refractivity contribution is 6.30. The molecule has 1 aromatic rings. The fourth-order valence-electron chi connectivity index (χ4n) is 1.60. The van der Waals surface area contributed by atoms with Crippen LogP contribution in [0.4, 0.5) is 5.95 Å². The summed E-state index contributed by atoms with van der Waals surface area (Å²) < 4.78 is 0. The maximum Gasteiger partial charge on any atom is 0.224 e. The number of fused-ring (bicyclic) bond motifs is 1. The molecule has 5 heteroatoms. The molecular formula is C9H11ClN4. The molecule has 1 saturated carbocycles. The first-order chi connectivity index (χ1) is 6.83. The lowest BCUT2D eigenvalue weighted by atomic mass is 10.3. The number of halogens is 1. The normalized spacial score (nSPS) is 19.5. The number of aromatic nitrogens is 2. The van der Waals surface area contributed by atoms with Gasteiger partial charge in [-0.1, -0.05) is 11.6 Å². The van der Waals surface area contributed by atoms with Crippen LogP contribution in [0, 0.1) is 0 Å². The summed E-state index contributed by atoms with van der Waals surface area (Å²) in [4.78, 5) is 8.65. The first kappa shape index (κ1) is 8.44. The summed E-state index contributed by atoms with van der Waals surface area (Å²) >= 11 is 6.05. The maximum atomic E-state index is 6.05. The van der Waals surface area contributed by atoms with Gasteiger partial charge in [-0.3, -0.25) is 0 Å². The van der Waals surface area contributed by atoms with Gasteiger partial charge in [-0.25, -0.2) is 9.97 Å². The van der Waals surface area contributed by atoms with E-state index in [0.29, 0.717) is 17.1 Å². The number of rotatable bonds is 2. The number of hydrogen-bond donors (Lipinski definition) is 2. The summed E-state index contributed by atoms with van der Waals surface area (Å²) in [6.07, 6.45) is 2.44. The summed E-state index contributed by atoms with van der Waals surface area (Å²) in [5, 5.41) is 7.05. The van der Waals surface area contributed by atoms with E-state index in [2.05, 4.69) is 20.6 Å². The van der Waals surface area contributed by atoms with Crippen molar-refractivity contribution in [1.29, 1.82) is 0 Å². The minimum absolute atomic E-state index is 0.568. The van der Waals surface area contributed by atoms with Crippen molar-refractivity contribution < 1.29 is 0 Å². The predicted molar refractivity (Wildman–Crippen MR) is 54.2 cm³/mol. The first-order valence-electron chi connectivity index (χ1n) is 4.85. The maximum absolute atomic E-state index is 6.05. The quantitative estimate of drug-likeness (QED) is 0.723. The van der Waals surface area contributed by atoms with Crippen LogP contribution in [0.25, 0.3) is 0 Å². The van der Waals surface area contributed by atoms with Crippen LogP contribution in [0.1, 0.15) is 24.1 Å². The van der Waals surface area contributed by atoms with E-state index in [1.54, 1.807) is 0 Å². The van der Waals surface area contributed by atoms with Crippen molar-refractivity contribution in [3.05, 3.63) is 16.4 Å². The molecule has 1 aliphatic carbocycles. The van der Waals surface area contributed by atoms with Crippen molar-refractivity contribution in [2.24, 2.45) is 0 Å². The number of hydrogen-bond acceptors (Lipinski definition) is 4. The lowest BCUT2D eigenvalue weighted by Crippen LogP contribution is -2.07. The zero-order valence-corrected chi connectivity index (χ0v) is 8.43. The molecule has 2 heterocycles. The van der Waals surface area contributed by atoms with Crippen molar-refractivity contribution >= 4 is 17.5 Å². The molecule has 14 heavy (non-hydrogen) atoms. The van der Waals surface area contributed by atoms with Gasteiger partial charge in [0.2, 0.25) is 5.95 Å². The Morgan fingerprint density at radius 2 is 2.14 bits per heavy atom. The van der Waals surface area contributed by atoms with Crippen LogP contribution in [-0.4, -0.2) is 16.0 Å². The zero-order valence-electron chi connectivity index (χ0n) is 7.68. The minimum Gasteiger partial charge on any atom is -0.351 e. The largest absolute Gasteiger partial charge is 0.351 e. The second-order valence-electron chi connectivity index (χ2n) is 3.79. The van der Waals surface area contributed by atoms with Gasteiger partial charge in [0.25, 0.3) is 0 Å². The van der Waals surface area contributed by atoms with Gasteiger partial charge in [0.05, 0.1) is 5.69 Å². The number of nitrogens with zero attached hydrogens (tertiary/aromatic N) is 2. The Balaban J connectivity index is 1.94. The van der Waals surface area contributed by atoms with Crippen LogP contribution in [0.2, 0.25) is 5.15 Å². The summed E-state index contributed by atoms with van der Waals surface area (Å²) in [6, 6.07) is 0.568. The minimum atomic E-state index is 0.568. The molecule has 0 atom stereocenters. The van der Waals surface area contributed by atoms with E-state index in [4.69, 9.17) is 11.6 Å². The van der Waals surface area contributed by atoms with Gasteiger partial charge in [0.1, 0.15) is 5.15 Å². The van der Waals surface area contributed by atoms with Crippen LogP contribution in [0.3, 0.4) is 0 Å². The average molecular weight is 211 g/mol. The number of anilines is 1. The van der Waals surface area contributed by atoms with Crippen LogP contribution in [0.5, 0.6) is 0 Å². The summed E-state index contributed by atoms with van der Waals surface area (Å²) in [5.74, 6) is 0.681. The molecule has 0 spiro atoms. The Morgan fingerprint density at radius 3 is 2.93 bits per heavy atom. The highest BCUT2D eigenvalue weighted by atomic mass is 35.5. The lowest BCUT2D eigenvalue weighted by Gasteiger charge is -2.05. The fourth-order valence-corrected chi connectivity index (χ4v) is 1.86. The van der Waals surface area contributed by atoms with Gasteiger partial charge in [0.15, 0.2) is 0 Å². The van der Waals surface area contributed by atoms with Crippen LogP contribution in [-0.2, 0) is 13.1 Å². The first-order valence-corrected chi connectivity index (χ1v) is 5.23. The molecule has 4 nitrogen and oxygen atoms in total. The van der Waals surface area contributed by atoms with Crippen LogP contribution in [0.15, 0.2) is 0 Å². The van der Waals surface area contributed by atoms with Crippen molar-refractivity contribution in [3.63, 3.8) is 0 Å². The van der Waals surface area contributed by atoms with Crippen molar-refractivity contribution in [1.82, 2.24) is 15.3 Å². The van der Waals surface area contributed by atoms with E-state index >= 15 is 0 Å². The Kier molecular flexibility index (Phi) is 1.85. The zero-order chi connectivity index (χ0) is 9.54. The highest BCUT2D eigenvalue weighted by Gasteiger charge is 2.24. The van der Waals surface area contributed by atoms with Gasteiger partial charge in [-0.15, -0.1) is 0 Å². The summed E-state index contributed by atoms with van der Waals surface area (Å²) in [5.41, 5.74) is 2.08. The van der Waals surface area contributed by atoms with Crippen molar-refractivity contribution in [3.8, 4) is 0 Å². The molecule has 0 saturated heterocycles. The Labute approximate surface area is 87.1 Å². The van der Waals surface area contributed by atoms with E-state index in [-0.39, 0.29) is 0 Å². The van der Waals surface area contributed by atoms with Gasteiger partial charge in [-0.2, -0.15) is 0 Å². The molecule has 0 amide bonds. The Bertz CT molecular complexity index is 375. The monoisotopic (exact) mass is 210 g/mol. The van der Waals surface area contributed by atoms with Crippen molar-refractivity contribution in [2.75, 3.05) is 5.32 Å². The van der Waals surface area contributed by atoms with Crippen LogP contribution >= 0.6 is 11.6 Å². The second-order valence-corrected chi connectivity index (χ2v) is 4.14. The molecule has 3 rings (SSSR count). The highest BCUT2D eigenvalue weighted by Crippen LogP contribution is 2.26. The third-order valence-corrected chi connectivity index (χ3v) is 2.86. The number of nitrogens with one attached hydrogen (secondary N) is 2. The van der Waals surface area contributed by atoms with Gasteiger partial charge >= 0.3 is 0 Å². The second kappa shape index (κ2) is 3.07. The predicted octanol–water partition coefficient (Wildman–Crippen LogP) is 1.31. The summed E-state index contributed by atoms with van der Waals surface area (Å²) in [6.45, 7) is 1.59. The molecule has 1 fully saturated rings. The molecule has 0 radical (unpaired) electrons. The van der Waals surface area contributed by atoms with Gasteiger partial charge < -0.3 is 10.6 Å². The standard InChI is InChI=1S/C9H11ClN4/c10-8-6-3-11-4-7(6)13-9(14-8)12-5-1-2-5/h5,11H,1-4H2,(H,12,13,14). The topological polar surface area (TPSA) is 49.8 Å². The molecule has 0 bridgehead atoms. The van der Waals surface area contributed by atoms with E-state index in [1.165, 1.54) is 12.8 Å². The molecule has 1 aliphatic heterocycles. The molecule has 74 valence electrons. The van der Waals surface area contributed by atoms with E-state index in [0.717, 1.165) is 24.3 Å². The fraction of sp³-hybridized carbons (Fsp3) is 0.556. The van der Waals surface area contributed by atoms with Crippen LogP contribution < -0.4 is 10.6 Å². The van der Waals surface area contributed by atoms with Gasteiger partial charge in [0, 0.05) is 24.7 Å². The molecule has 2 N–H and O–H groups in total. The Morgan fingerprint density at radius 1 is 1.29 bits per heavy atom. The van der Waals surface area contributed by atoms with Crippen molar-refractivity contribution in [2.45, 2.75) is 32.0 Å². The lowest BCUT2D eigenvalue weighted by molar-refractivity contribution is 0.758. The molecular weight excluding hydrogens is 200 g/mol. The molecule has 1 aromatic heterocycles. The van der Waals surface area contributed by atoms with Gasteiger partial charge in [-0.05, 0) is 12.8 Å². The molecule has 0 unspecified atom stereocenters. The molecule has 2 aliphatic rings. The van der Waals surface area contributed by atoms with E-state index in [1.807, 2.05) is 0 Å². The van der Waals surface area contributed by atoms with E-state index in [9.17, 15) is 0 Å². The third kappa shape index (κ3) is 1.44. The van der Waals surface area contributed by atoms with E-state index < -0.39 is 0 Å². The summed E-state index contributed by atoms with van der Waals surface area (Å²) in [7, 11) is 0. The average Bonchev–Trinajstić information content (AvgIpc) is 2.82. The Hall–Kier alpha value is -0.870. The third-order valence-electron chi connectivity index (χ3n) is 2.55.